The Morgan fingerprint density at radius 1 is 1.09 bits per heavy atom. The minimum Gasteiger partial charge on any atom is -0.497 e. The molecule has 1 amide bonds. The van der Waals surface area contributed by atoms with Crippen LogP contribution in [-0.2, 0) is 22.4 Å². The molecule has 176 valence electrons. The SMILES string of the molecule is COc1ccc2[nH]cc(CCNC(=O)Cc3c(C)c4ccc(OC(C)=O)c(C)c4oc3=O)c2c1. The fraction of sp³-hybridized carbons (Fsp3) is 0.269. The molecule has 2 aromatic carbocycles. The van der Waals surface area contributed by atoms with Gasteiger partial charge in [0.05, 0.1) is 19.1 Å². The van der Waals surface area contributed by atoms with Crippen LogP contribution in [0.4, 0.5) is 0 Å². The van der Waals surface area contributed by atoms with Gasteiger partial charge in [-0.2, -0.15) is 0 Å². The quantitative estimate of drug-likeness (QED) is 0.246. The summed E-state index contributed by atoms with van der Waals surface area (Å²) in [6, 6.07) is 9.19. The van der Waals surface area contributed by atoms with Gasteiger partial charge in [-0.15, -0.1) is 0 Å². The molecule has 0 unspecified atom stereocenters. The molecule has 0 fully saturated rings. The summed E-state index contributed by atoms with van der Waals surface area (Å²) in [4.78, 5) is 39.8. The highest BCUT2D eigenvalue weighted by molar-refractivity contribution is 5.88. The van der Waals surface area contributed by atoms with Gasteiger partial charge in [-0.25, -0.2) is 4.79 Å². The molecule has 2 N–H and O–H groups in total. The van der Waals surface area contributed by atoms with Gasteiger partial charge in [0.15, 0.2) is 0 Å². The summed E-state index contributed by atoms with van der Waals surface area (Å²) in [5.41, 5.74) is 3.36. The zero-order valence-corrected chi connectivity index (χ0v) is 19.5. The second kappa shape index (κ2) is 9.43. The van der Waals surface area contributed by atoms with Gasteiger partial charge in [0, 0.05) is 41.5 Å². The highest BCUT2D eigenvalue weighted by Crippen LogP contribution is 2.29. The van der Waals surface area contributed by atoms with Crippen molar-refractivity contribution in [3.05, 3.63) is 69.2 Å². The molecule has 2 aromatic heterocycles. The highest BCUT2D eigenvalue weighted by atomic mass is 16.5. The second-order valence-electron chi connectivity index (χ2n) is 8.15. The molecule has 4 rings (SSSR count). The van der Waals surface area contributed by atoms with Crippen LogP contribution in [-0.4, -0.2) is 30.5 Å². The molecule has 0 aliphatic rings. The van der Waals surface area contributed by atoms with Crippen LogP contribution in [0.1, 0.15) is 29.2 Å². The molecule has 0 saturated carbocycles. The zero-order valence-electron chi connectivity index (χ0n) is 19.5. The maximum Gasteiger partial charge on any atom is 0.340 e. The molecule has 8 heteroatoms. The number of esters is 1. The van der Waals surface area contributed by atoms with E-state index in [2.05, 4.69) is 10.3 Å². The van der Waals surface area contributed by atoms with E-state index in [0.717, 1.165) is 22.2 Å². The molecule has 0 radical (unpaired) electrons. The lowest BCUT2D eigenvalue weighted by Gasteiger charge is -2.12. The number of H-pyrrole nitrogens is 1. The fourth-order valence-electron chi connectivity index (χ4n) is 4.09. The number of methoxy groups -OCH3 is 1. The number of carbonyl (C=O) groups excluding carboxylic acids is 2. The van der Waals surface area contributed by atoms with Gasteiger partial charge in [0.2, 0.25) is 5.91 Å². The van der Waals surface area contributed by atoms with Crippen LogP contribution < -0.4 is 20.4 Å². The van der Waals surface area contributed by atoms with E-state index in [0.29, 0.717) is 46.4 Å². The fourth-order valence-corrected chi connectivity index (χ4v) is 4.09. The number of amides is 1. The summed E-state index contributed by atoms with van der Waals surface area (Å²) >= 11 is 0. The Morgan fingerprint density at radius 2 is 1.88 bits per heavy atom. The molecule has 0 atom stereocenters. The smallest absolute Gasteiger partial charge is 0.340 e. The number of carbonyl (C=O) groups is 2. The van der Waals surface area contributed by atoms with E-state index in [1.807, 2.05) is 24.4 Å². The second-order valence-corrected chi connectivity index (χ2v) is 8.15. The summed E-state index contributed by atoms with van der Waals surface area (Å²) in [5, 5.41) is 4.63. The van der Waals surface area contributed by atoms with Crippen LogP contribution in [0, 0.1) is 13.8 Å². The Labute approximate surface area is 195 Å². The van der Waals surface area contributed by atoms with Crippen molar-refractivity contribution in [3.8, 4) is 11.5 Å². The molecule has 34 heavy (non-hydrogen) atoms. The lowest BCUT2D eigenvalue weighted by atomic mass is 10.0. The summed E-state index contributed by atoms with van der Waals surface area (Å²) < 4.78 is 16.0. The molecule has 4 aromatic rings. The number of aryl methyl sites for hydroxylation is 2. The van der Waals surface area contributed by atoms with E-state index < -0.39 is 11.6 Å². The number of ether oxygens (including phenoxy) is 2. The van der Waals surface area contributed by atoms with Crippen molar-refractivity contribution in [3.63, 3.8) is 0 Å². The van der Waals surface area contributed by atoms with Crippen molar-refractivity contribution >= 4 is 33.7 Å². The predicted molar refractivity (Wildman–Crippen MR) is 129 cm³/mol. The van der Waals surface area contributed by atoms with Gasteiger partial charge >= 0.3 is 11.6 Å². The molecular weight excluding hydrogens is 436 g/mol. The molecule has 0 aliphatic heterocycles. The van der Waals surface area contributed by atoms with Crippen molar-refractivity contribution in [2.45, 2.75) is 33.6 Å². The Kier molecular flexibility index (Phi) is 6.40. The topological polar surface area (TPSA) is 111 Å². The number of aromatic amines is 1. The zero-order chi connectivity index (χ0) is 24.4. The molecular formula is C26H26N2O6. The highest BCUT2D eigenvalue weighted by Gasteiger charge is 2.18. The Hall–Kier alpha value is -4.07. The van der Waals surface area contributed by atoms with Gasteiger partial charge in [-0.3, -0.25) is 9.59 Å². The van der Waals surface area contributed by atoms with Gasteiger partial charge in [0.25, 0.3) is 0 Å². The van der Waals surface area contributed by atoms with Crippen LogP contribution in [0.2, 0.25) is 0 Å². The van der Waals surface area contributed by atoms with E-state index in [4.69, 9.17) is 13.9 Å². The maximum absolute atomic E-state index is 12.7. The lowest BCUT2D eigenvalue weighted by Crippen LogP contribution is -2.29. The van der Waals surface area contributed by atoms with Crippen molar-refractivity contribution in [2.75, 3.05) is 13.7 Å². The van der Waals surface area contributed by atoms with E-state index in [1.54, 1.807) is 33.1 Å². The first-order valence-corrected chi connectivity index (χ1v) is 10.9. The predicted octanol–water partition coefficient (Wildman–Crippen LogP) is 3.73. The maximum atomic E-state index is 12.7. The van der Waals surface area contributed by atoms with E-state index >= 15 is 0 Å². The summed E-state index contributed by atoms with van der Waals surface area (Å²) in [5.74, 6) is 0.385. The summed E-state index contributed by atoms with van der Waals surface area (Å²) in [6.07, 6.45) is 2.46. The van der Waals surface area contributed by atoms with Gasteiger partial charge in [0.1, 0.15) is 17.1 Å². The number of fused-ring (bicyclic) bond motifs is 2. The minimum atomic E-state index is -0.577. The minimum absolute atomic E-state index is 0.0867. The third-order valence-electron chi connectivity index (χ3n) is 5.94. The van der Waals surface area contributed by atoms with Crippen molar-refractivity contribution in [1.29, 1.82) is 0 Å². The molecule has 0 bridgehead atoms. The van der Waals surface area contributed by atoms with Crippen molar-refractivity contribution in [2.24, 2.45) is 0 Å². The van der Waals surface area contributed by atoms with E-state index in [-0.39, 0.29) is 12.3 Å². The van der Waals surface area contributed by atoms with Crippen LogP contribution in [0.15, 0.2) is 45.7 Å². The van der Waals surface area contributed by atoms with Crippen LogP contribution in [0.3, 0.4) is 0 Å². The third-order valence-corrected chi connectivity index (χ3v) is 5.94. The van der Waals surface area contributed by atoms with E-state index in [1.165, 1.54) is 6.92 Å². The number of aromatic nitrogens is 1. The van der Waals surface area contributed by atoms with Gasteiger partial charge in [-0.05, 0) is 61.7 Å². The number of nitrogens with one attached hydrogen (secondary N) is 2. The molecule has 2 heterocycles. The number of benzene rings is 2. The Morgan fingerprint density at radius 3 is 2.62 bits per heavy atom. The Bertz CT molecular complexity index is 1460. The van der Waals surface area contributed by atoms with Crippen LogP contribution >= 0.6 is 0 Å². The first kappa shape index (κ1) is 23.1. The Balaban J connectivity index is 1.47. The molecule has 0 spiro atoms. The monoisotopic (exact) mass is 462 g/mol. The van der Waals surface area contributed by atoms with Crippen molar-refractivity contribution < 1.29 is 23.5 Å². The number of hydrogen-bond donors (Lipinski definition) is 2. The largest absolute Gasteiger partial charge is 0.497 e. The first-order valence-electron chi connectivity index (χ1n) is 10.9. The summed E-state index contributed by atoms with van der Waals surface area (Å²) in [7, 11) is 1.62. The molecule has 0 saturated heterocycles. The molecule has 8 nitrogen and oxygen atoms in total. The molecule has 0 aliphatic carbocycles. The average molecular weight is 463 g/mol. The van der Waals surface area contributed by atoms with Crippen LogP contribution in [0.5, 0.6) is 11.5 Å². The third kappa shape index (κ3) is 4.52. The normalized spacial score (nSPS) is 11.1. The van der Waals surface area contributed by atoms with Gasteiger partial charge < -0.3 is 24.2 Å². The van der Waals surface area contributed by atoms with Crippen molar-refractivity contribution in [1.82, 2.24) is 10.3 Å². The standard InChI is InChI=1S/C26H26N2O6/c1-14-19-6-8-23(33-16(3)29)15(2)25(19)34-26(31)20(14)12-24(30)27-10-9-17-13-28-22-7-5-18(32-4)11-21(17)22/h5-8,11,13,28H,9-10,12H2,1-4H3,(H,27,30). The van der Waals surface area contributed by atoms with E-state index in [9.17, 15) is 14.4 Å². The van der Waals surface area contributed by atoms with Gasteiger partial charge in [-0.1, -0.05) is 0 Å². The lowest BCUT2D eigenvalue weighted by molar-refractivity contribution is -0.132. The number of rotatable bonds is 7. The first-order chi connectivity index (χ1) is 16.3. The number of hydrogen-bond acceptors (Lipinski definition) is 6. The average Bonchev–Trinajstić information content (AvgIpc) is 3.20. The summed E-state index contributed by atoms with van der Waals surface area (Å²) in [6.45, 7) is 5.23. The van der Waals surface area contributed by atoms with Crippen LogP contribution in [0.25, 0.3) is 21.9 Å².